The second-order valence-electron chi connectivity index (χ2n) is 8.18. The van der Waals surface area contributed by atoms with Crippen LogP contribution in [0.2, 0.25) is 0 Å². The number of aromatic nitrogens is 1. The number of piperazine rings is 1. The molecule has 182 valence electrons. The van der Waals surface area contributed by atoms with Crippen LogP contribution in [-0.4, -0.2) is 54.0 Å². The van der Waals surface area contributed by atoms with Gasteiger partial charge in [-0.25, -0.2) is 13.4 Å². The van der Waals surface area contributed by atoms with Gasteiger partial charge in [-0.3, -0.25) is 4.79 Å². The lowest BCUT2D eigenvalue weighted by Gasteiger charge is -2.44. The Morgan fingerprint density at radius 2 is 1.91 bits per heavy atom. The smallest absolute Gasteiger partial charge is 0.417 e. The van der Waals surface area contributed by atoms with E-state index >= 15 is 0 Å². The summed E-state index contributed by atoms with van der Waals surface area (Å²) < 4.78 is 67.7. The number of carboxylic acids is 1. The van der Waals surface area contributed by atoms with Gasteiger partial charge in [0.25, 0.3) is 0 Å². The number of hydrogen-bond donors (Lipinski definition) is 1. The standard InChI is InChI=1S/C22H22F3N3O4S2/c1-13-14(2)28(8-7-27(13)20-6-3-16(11-26-20)22(23,24)25)34(31,32)17-4-5-19-18(10-17)15(12-33-19)9-21(29)30/h3-6,10-14H,7-9H2,1-2H3,(H,29,30). The van der Waals surface area contributed by atoms with Gasteiger partial charge < -0.3 is 10.0 Å². The highest BCUT2D eigenvalue weighted by molar-refractivity contribution is 7.89. The van der Waals surface area contributed by atoms with Crippen molar-refractivity contribution in [1.82, 2.24) is 9.29 Å². The fourth-order valence-corrected chi connectivity index (χ4v) is 6.81. The van der Waals surface area contributed by atoms with Crippen LogP contribution in [0.25, 0.3) is 10.1 Å². The molecule has 0 amide bonds. The van der Waals surface area contributed by atoms with Crippen LogP contribution in [0.5, 0.6) is 0 Å². The molecule has 0 aliphatic carbocycles. The highest BCUT2D eigenvalue weighted by Gasteiger charge is 2.39. The maximum Gasteiger partial charge on any atom is 0.417 e. The third-order valence-electron chi connectivity index (χ3n) is 6.15. The van der Waals surface area contributed by atoms with E-state index in [-0.39, 0.29) is 30.4 Å². The molecule has 3 heterocycles. The van der Waals surface area contributed by atoms with Crippen molar-refractivity contribution in [3.05, 3.63) is 53.0 Å². The molecule has 0 saturated carbocycles. The van der Waals surface area contributed by atoms with Crippen LogP contribution < -0.4 is 4.90 Å². The fraction of sp³-hybridized carbons (Fsp3) is 0.364. The summed E-state index contributed by atoms with van der Waals surface area (Å²) in [6.45, 7) is 3.93. The number of thiophene rings is 1. The molecule has 2 aromatic heterocycles. The Hall–Kier alpha value is -2.70. The van der Waals surface area contributed by atoms with Gasteiger partial charge in [-0.2, -0.15) is 17.5 Å². The van der Waals surface area contributed by atoms with Crippen LogP contribution in [0.15, 0.2) is 46.8 Å². The Kier molecular flexibility index (Phi) is 6.34. The van der Waals surface area contributed by atoms with Crippen molar-refractivity contribution in [2.24, 2.45) is 0 Å². The van der Waals surface area contributed by atoms with E-state index in [1.165, 1.54) is 33.8 Å². The van der Waals surface area contributed by atoms with Gasteiger partial charge in [-0.15, -0.1) is 11.3 Å². The maximum atomic E-state index is 13.5. The second kappa shape index (κ2) is 8.82. The SMILES string of the molecule is CC1C(C)N(S(=O)(=O)c2ccc3scc(CC(=O)O)c3c2)CCN1c1ccc(C(F)(F)F)cn1. The Balaban J connectivity index is 1.59. The lowest BCUT2D eigenvalue weighted by atomic mass is 10.1. The van der Waals surface area contributed by atoms with Crippen molar-refractivity contribution < 1.29 is 31.5 Å². The largest absolute Gasteiger partial charge is 0.481 e. The van der Waals surface area contributed by atoms with Gasteiger partial charge in [-0.05, 0) is 60.5 Å². The van der Waals surface area contributed by atoms with Crippen LogP contribution in [0, 0.1) is 0 Å². The summed E-state index contributed by atoms with van der Waals surface area (Å²) in [6, 6.07) is 6.13. The summed E-state index contributed by atoms with van der Waals surface area (Å²) in [5.74, 6) is -0.647. The number of aliphatic carboxylic acids is 1. The lowest BCUT2D eigenvalue weighted by Crippen LogP contribution is -2.59. The number of nitrogens with zero attached hydrogens (tertiary/aromatic N) is 3. The first-order chi connectivity index (χ1) is 15.9. The summed E-state index contributed by atoms with van der Waals surface area (Å²) >= 11 is 1.36. The number of alkyl halides is 3. The van der Waals surface area contributed by atoms with E-state index in [4.69, 9.17) is 5.11 Å². The van der Waals surface area contributed by atoms with Crippen LogP contribution in [0.4, 0.5) is 19.0 Å². The predicted octanol–water partition coefficient (Wildman–Crippen LogP) is 4.23. The monoisotopic (exact) mass is 513 g/mol. The first-order valence-electron chi connectivity index (χ1n) is 10.4. The van der Waals surface area contributed by atoms with E-state index < -0.39 is 33.8 Å². The molecule has 1 aliphatic rings. The van der Waals surface area contributed by atoms with Crippen LogP contribution >= 0.6 is 11.3 Å². The zero-order chi connectivity index (χ0) is 24.8. The Morgan fingerprint density at radius 1 is 1.18 bits per heavy atom. The fourth-order valence-electron chi connectivity index (χ4n) is 4.16. The van der Waals surface area contributed by atoms with Gasteiger partial charge in [0.2, 0.25) is 10.0 Å². The molecule has 4 rings (SSSR count). The summed E-state index contributed by atoms with van der Waals surface area (Å²) in [6.07, 6.45) is -3.90. The van der Waals surface area contributed by atoms with Crippen molar-refractivity contribution in [3.8, 4) is 0 Å². The average molecular weight is 514 g/mol. The van der Waals surface area contributed by atoms with E-state index in [0.29, 0.717) is 16.8 Å². The molecule has 0 radical (unpaired) electrons. The third-order valence-corrected chi connectivity index (χ3v) is 9.14. The Labute approximate surface area is 198 Å². The molecule has 3 aromatic rings. The highest BCUT2D eigenvalue weighted by Crippen LogP contribution is 2.33. The second-order valence-corrected chi connectivity index (χ2v) is 11.0. The van der Waals surface area contributed by atoms with Crippen LogP contribution in [0.1, 0.15) is 25.0 Å². The minimum Gasteiger partial charge on any atom is -0.481 e. The third kappa shape index (κ3) is 4.49. The number of anilines is 1. The van der Waals surface area contributed by atoms with Crippen molar-refractivity contribution in [1.29, 1.82) is 0 Å². The van der Waals surface area contributed by atoms with Gasteiger partial charge >= 0.3 is 12.1 Å². The molecular formula is C22H22F3N3O4S2. The van der Waals surface area contributed by atoms with Gasteiger partial charge in [0.15, 0.2) is 0 Å². The molecule has 34 heavy (non-hydrogen) atoms. The molecule has 0 spiro atoms. The minimum absolute atomic E-state index is 0.0743. The molecule has 12 heteroatoms. The topological polar surface area (TPSA) is 90.8 Å². The van der Waals surface area contributed by atoms with Gasteiger partial charge in [0.05, 0.1) is 16.9 Å². The number of hydrogen-bond acceptors (Lipinski definition) is 6. The van der Waals surface area contributed by atoms with E-state index in [1.54, 1.807) is 30.2 Å². The normalized spacial score (nSPS) is 20.1. The first-order valence-corrected chi connectivity index (χ1v) is 12.7. The van der Waals surface area contributed by atoms with Crippen LogP contribution in [0.3, 0.4) is 0 Å². The molecule has 1 fully saturated rings. The zero-order valence-electron chi connectivity index (χ0n) is 18.3. The molecule has 2 unspecified atom stereocenters. The highest BCUT2D eigenvalue weighted by atomic mass is 32.2. The molecule has 1 N–H and O–H groups in total. The molecule has 1 aliphatic heterocycles. The molecular weight excluding hydrogens is 491 g/mol. The lowest BCUT2D eigenvalue weighted by molar-refractivity contribution is -0.138. The number of benzene rings is 1. The Bertz CT molecular complexity index is 1320. The quantitative estimate of drug-likeness (QED) is 0.549. The van der Waals surface area contributed by atoms with E-state index in [9.17, 15) is 26.4 Å². The number of sulfonamides is 1. The summed E-state index contributed by atoms with van der Waals surface area (Å²) in [5, 5.41) is 11.4. The number of carbonyl (C=O) groups is 1. The molecule has 1 aromatic carbocycles. The number of carboxylic acid groups (broad SMARTS) is 1. The first kappa shape index (κ1) is 24.4. The van der Waals surface area contributed by atoms with Gasteiger partial charge in [-0.1, -0.05) is 0 Å². The van der Waals surface area contributed by atoms with Gasteiger partial charge in [0.1, 0.15) is 5.82 Å². The van der Waals surface area contributed by atoms with E-state index in [0.717, 1.165) is 17.0 Å². The number of halogens is 3. The summed E-state index contributed by atoms with van der Waals surface area (Å²) in [4.78, 5) is 17.0. The van der Waals surface area contributed by atoms with Gasteiger partial charge in [0, 0.05) is 36.1 Å². The van der Waals surface area contributed by atoms with Crippen LogP contribution in [-0.2, 0) is 27.4 Å². The zero-order valence-corrected chi connectivity index (χ0v) is 19.9. The summed E-state index contributed by atoms with van der Waals surface area (Å²) in [7, 11) is -3.90. The number of rotatable bonds is 5. The van der Waals surface area contributed by atoms with E-state index in [2.05, 4.69) is 4.98 Å². The average Bonchev–Trinajstić information content (AvgIpc) is 3.16. The molecule has 0 bridgehead atoms. The van der Waals surface area contributed by atoms with Crippen molar-refractivity contribution in [2.45, 2.75) is 43.4 Å². The number of fused-ring (bicyclic) bond motifs is 1. The van der Waals surface area contributed by atoms with Crippen molar-refractivity contribution >= 4 is 43.2 Å². The van der Waals surface area contributed by atoms with E-state index in [1.807, 2.05) is 0 Å². The van der Waals surface area contributed by atoms with Crippen molar-refractivity contribution in [3.63, 3.8) is 0 Å². The predicted molar refractivity (Wildman–Crippen MR) is 123 cm³/mol. The van der Waals surface area contributed by atoms with Crippen molar-refractivity contribution in [2.75, 3.05) is 18.0 Å². The maximum absolute atomic E-state index is 13.5. The molecule has 7 nitrogen and oxygen atoms in total. The molecule has 2 atom stereocenters. The molecule has 1 saturated heterocycles. The Morgan fingerprint density at radius 3 is 2.53 bits per heavy atom. The summed E-state index contributed by atoms with van der Waals surface area (Å²) in [5.41, 5.74) is -0.284. The number of pyridine rings is 1. The minimum atomic E-state index is -4.48.